The van der Waals surface area contributed by atoms with Gasteiger partial charge in [0.25, 0.3) is 0 Å². The number of hydrogen-bond acceptors (Lipinski definition) is 4. The SMILES string of the molecule is C=C(C)N1c2ccc(C(C=NC3CC3)=CN)c(Cc3cc(C)ccn3)c2CCC1C. The summed E-state index contributed by atoms with van der Waals surface area (Å²) in [4.78, 5) is 11.7. The predicted molar refractivity (Wildman–Crippen MR) is 127 cm³/mol. The number of nitrogens with two attached hydrogens (primary N) is 1. The van der Waals surface area contributed by atoms with Crippen molar-refractivity contribution in [3.05, 3.63) is 76.9 Å². The van der Waals surface area contributed by atoms with Crippen LogP contribution < -0.4 is 10.6 Å². The third kappa shape index (κ3) is 4.18. The lowest BCUT2D eigenvalue weighted by atomic mass is 9.85. The van der Waals surface area contributed by atoms with E-state index in [1.54, 1.807) is 6.20 Å². The number of nitrogens with zero attached hydrogens (tertiary/aromatic N) is 3. The van der Waals surface area contributed by atoms with Gasteiger partial charge in [0, 0.05) is 53.7 Å². The molecule has 0 amide bonds. The molecule has 30 heavy (non-hydrogen) atoms. The third-order valence-electron chi connectivity index (χ3n) is 6.12. The molecular weight excluding hydrogens is 368 g/mol. The van der Waals surface area contributed by atoms with E-state index in [0.29, 0.717) is 12.1 Å². The molecule has 0 bridgehead atoms. The molecule has 2 aromatic rings. The Balaban J connectivity index is 1.84. The zero-order valence-corrected chi connectivity index (χ0v) is 18.4. The predicted octanol–water partition coefficient (Wildman–Crippen LogP) is 5.19. The van der Waals surface area contributed by atoms with Crippen molar-refractivity contribution in [3.63, 3.8) is 0 Å². The number of pyridine rings is 1. The Morgan fingerprint density at radius 3 is 2.77 bits per heavy atom. The van der Waals surface area contributed by atoms with Gasteiger partial charge in [-0.15, -0.1) is 0 Å². The molecule has 1 saturated carbocycles. The Morgan fingerprint density at radius 2 is 2.10 bits per heavy atom. The van der Waals surface area contributed by atoms with Crippen LogP contribution in [0.4, 0.5) is 5.69 Å². The van der Waals surface area contributed by atoms with Gasteiger partial charge in [-0.1, -0.05) is 12.6 Å². The fourth-order valence-electron chi connectivity index (χ4n) is 4.45. The number of aryl methyl sites for hydroxylation is 1. The van der Waals surface area contributed by atoms with Gasteiger partial charge in [0.2, 0.25) is 0 Å². The van der Waals surface area contributed by atoms with Gasteiger partial charge in [-0.25, -0.2) is 0 Å². The normalized spacial score (nSPS) is 19.2. The van der Waals surface area contributed by atoms with Crippen LogP contribution in [0, 0.1) is 6.92 Å². The molecule has 1 atom stereocenters. The summed E-state index contributed by atoms with van der Waals surface area (Å²) in [6.07, 6.45) is 10.9. The molecule has 4 rings (SSSR count). The van der Waals surface area contributed by atoms with E-state index in [1.807, 2.05) is 18.5 Å². The number of allylic oxidation sites excluding steroid dienone is 2. The minimum atomic E-state index is 0.451. The van der Waals surface area contributed by atoms with Crippen LogP contribution in [0.1, 0.15) is 61.1 Å². The van der Waals surface area contributed by atoms with E-state index in [1.165, 1.54) is 40.8 Å². The molecule has 4 nitrogen and oxygen atoms in total. The highest BCUT2D eigenvalue weighted by atomic mass is 15.2. The van der Waals surface area contributed by atoms with Crippen molar-refractivity contribution in [2.45, 2.75) is 65.0 Å². The molecule has 2 aliphatic rings. The van der Waals surface area contributed by atoms with Crippen LogP contribution in [0.2, 0.25) is 0 Å². The fraction of sp³-hybridized carbons (Fsp3) is 0.385. The van der Waals surface area contributed by atoms with Crippen LogP contribution >= 0.6 is 0 Å². The first-order valence-electron chi connectivity index (χ1n) is 10.9. The third-order valence-corrected chi connectivity index (χ3v) is 6.12. The molecule has 156 valence electrons. The fourth-order valence-corrected chi connectivity index (χ4v) is 4.45. The molecule has 2 heterocycles. The number of aromatic nitrogens is 1. The van der Waals surface area contributed by atoms with Crippen molar-refractivity contribution >= 4 is 17.5 Å². The summed E-state index contributed by atoms with van der Waals surface area (Å²) in [5.74, 6) is 0. The number of anilines is 1. The average Bonchev–Trinajstić information content (AvgIpc) is 3.53. The van der Waals surface area contributed by atoms with Crippen LogP contribution in [0.15, 0.2) is 53.9 Å². The van der Waals surface area contributed by atoms with Crippen molar-refractivity contribution in [1.29, 1.82) is 0 Å². The summed E-state index contributed by atoms with van der Waals surface area (Å²) in [7, 11) is 0. The summed E-state index contributed by atoms with van der Waals surface area (Å²) in [6, 6.07) is 9.58. The Hall–Kier alpha value is -2.88. The van der Waals surface area contributed by atoms with Crippen LogP contribution in [-0.2, 0) is 12.8 Å². The second-order valence-electron chi connectivity index (χ2n) is 8.71. The minimum Gasteiger partial charge on any atom is -0.404 e. The first kappa shape index (κ1) is 20.4. The van der Waals surface area contributed by atoms with E-state index in [2.05, 4.69) is 55.4 Å². The van der Waals surface area contributed by atoms with Crippen molar-refractivity contribution < 1.29 is 0 Å². The van der Waals surface area contributed by atoms with Crippen LogP contribution in [0.25, 0.3) is 5.57 Å². The zero-order valence-electron chi connectivity index (χ0n) is 18.4. The van der Waals surface area contributed by atoms with Gasteiger partial charge in [0.1, 0.15) is 0 Å². The number of aliphatic imine (C=N–C) groups is 1. The zero-order chi connectivity index (χ0) is 21.3. The van der Waals surface area contributed by atoms with Crippen molar-refractivity contribution in [1.82, 2.24) is 4.98 Å². The standard InChI is InChI=1S/C26H32N4/c1-17(2)30-19(4)5-8-24-25(14-22-13-18(3)11-12-28-22)23(9-10-26(24)30)20(15-27)16-29-21-6-7-21/h9-13,15-16,19,21H,1,5-8,14,27H2,2-4H3. The molecule has 1 fully saturated rings. The molecule has 1 aliphatic heterocycles. The van der Waals surface area contributed by atoms with Gasteiger partial charge in [-0.05, 0) is 86.9 Å². The molecule has 1 aliphatic carbocycles. The molecule has 4 heteroatoms. The number of hydrogen-bond donors (Lipinski definition) is 1. The van der Waals surface area contributed by atoms with E-state index in [4.69, 9.17) is 10.7 Å². The van der Waals surface area contributed by atoms with Crippen molar-refractivity contribution in [2.75, 3.05) is 4.90 Å². The van der Waals surface area contributed by atoms with Gasteiger partial charge in [0.15, 0.2) is 0 Å². The second kappa shape index (κ2) is 8.47. The van der Waals surface area contributed by atoms with E-state index < -0.39 is 0 Å². The minimum absolute atomic E-state index is 0.451. The summed E-state index contributed by atoms with van der Waals surface area (Å²) in [5.41, 5.74) is 15.6. The van der Waals surface area contributed by atoms with E-state index in [9.17, 15) is 0 Å². The molecular formula is C26H32N4. The van der Waals surface area contributed by atoms with Crippen molar-refractivity contribution in [3.8, 4) is 0 Å². The Kier molecular flexibility index (Phi) is 5.76. The monoisotopic (exact) mass is 400 g/mol. The molecule has 0 radical (unpaired) electrons. The highest BCUT2D eigenvalue weighted by Crippen LogP contribution is 2.39. The maximum Gasteiger partial charge on any atom is 0.0501 e. The van der Waals surface area contributed by atoms with Crippen LogP contribution in [0.5, 0.6) is 0 Å². The number of rotatable bonds is 6. The van der Waals surface area contributed by atoms with E-state index in [-0.39, 0.29) is 0 Å². The second-order valence-corrected chi connectivity index (χ2v) is 8.71. The quantitative estimate of drug-likeness (QED) is 0.679. The molecule has 1 unspecified atom stereocenters. The highest BCUT2D eigenvalue weighted by Gasteiger charge is 2.27. The number of benzene rings is 1. The summed E-state index contributed by atoms with van der Waals surface area (Å²) in [6.45, 7) is 10.7. The Morgan fingerprint density at radius 1 is 1.30 bits per heavy atom. The lowest BCUT2D eigenvalue weighted by Crippen LogP contribution is -2.36. The van der Waals surface area contributed by atoms with Gasteiger partial charge in [-0.3, -0.25) is 9.98 Å². The lowest BCUT2D eigenvalue weighted by Gasteiger charge is -2.38. The maximum atomic E-state index is 6.08. The van der Waals surface area contributed by atoms with Crippen LogP contribution in [0.3, 0.4) is 0 Å². The topological polar surface area (TPSA) is 54.5 Å². The van der Waals surface area contributed by atoms with Gasteiger partial charge in [-0.2, -0.15) is 0 Å². The van der Waals surface area contributed by atoms with E-state index >= 15 is 0 Å². The molecule has 0 saturated heterocycles. The Bertz CT molecular complexity index is 1010. The summed E-state index contributed by atoms with van der Waals surface area (Å²) >= 11 is 0. The first-order valence-corrected chi connectivity index (χ1v) is 10.9. The molecule has 1 aromatic heterocycles. The number of fused-ring (bicyclic) bond motifs is 1. The summed E-state index contributed by atoms with van der Waals surface area (Å²) < 4.78 is 0. The van der Waals surface area contributed by atoms with Crippen LogP contribution in [-0.4, -0.2) is 23.3 Å². The first-order chi connectivity index (χ1) is 14.5. The highest BCUT2D eigenvalue weighted by molar-refractivity contribution is 6.10. The largest absolute Gasteiger partial charge is 0.404 e. The Labute approximate surface area is 180 Å². The smallest absolute Gasteiger partial charge is 0.0501 e. The molecule has 2 N–H and O–H groups in total. The van der Waals surface area contributed by atoms with Gasteiger partial charge < -0.3 is 10.6 Å². The van der Waals surface area contributed by atoms with Gasteiger partial charge >= 0.3 is 0 Å². The van der Waals surface area contributed by atoms with Crippen molar-refractivity contribution in [2.24, 2.45) is 10.7 Å². The average molecular weight is 401 g/mol. The van der Waals surface area contributed by atoms with E-state index in [0.717, 1.165) is 36.2 Å². The maximum absolute atomic E-state index is 6.08. The lowest BCUT2D eigenvalue weighted by molar-refractivity contribution is 0.598. The summed E-state index contributed by atoms with van der Waals surface area (Å²) in [5, 5.41) is 0. The van der Waals surface area contributed by atoms with Gasteiger partial charge in [0.05, 0.1) is 6.04 Å². The molecule has 1 aromatic carbocycles. The molecule has 0 spiro atoms.